The van der Waals surface area contributed by atoms with Crippen molar-refractivity contribution in [1.82, 2.24) is 4.90 Å². The number of anilines is 1. The number of amidine groups is 1. The lowest BCUT2D eigenvalue weighted by Crippen LogP contribution is -2.41. The predicted molar refractivity (Wildman–Crippen MR) is 106 cm³/mol. The lowest BCUT2D eigenvalue weighted by atomic mass is 10.1. The first-order valence-electron chi connectivity index (χ1n) is 8.78. The number of allylic oxidation sites excluding steroid dienone is 2. The Morgan fingerprint density at radius 2 is 1.97 bits per heavy atom. The molecule has 9 nitrogen and oxygen atoms in total. The Morgan fingerprint density at radius 1 is 1.24 bits per heavy atom. The Labute approximate surface area is 167 Å². The molecule has 152 valence electrons. The SMILES string of the molecule is CC(=O)c1ccccc1NC(=O)[C@H](C)OC(=O)C1=CC=CN2CCS(=O)(=O)N=C12. The van der Waals surface area contributed by atoms with Gasteiger partial charge in [0.15, 0.2) is 17.7 Å². The van der Waals surface area contributed by atoms with Crippen molar-refractivity contribution in [1.29, 1.82) is 0 Å². The number of sulfonamides is 1. The number of Topliss-reactive ketones (excluding diaryl/α,β-unsaturated/α-hetero) is 1. The van der Waals surface area contributed by atoms with Crippen molar-refractivity contribution in [3.8, 4) is 0 Å². The third-order valence-electron chi connectivity index (χ3n) is 4.29. The van der Waals surface area contributed by atoms with Crippen LogP contribution in [0.5, 0.6) is 0 Å². The predicted octanol–water partition coefficient (Wildman–Crippen LogP) is 1.26. The number of carbonyl (C=O) groups is 3. The molecule has 2 aliphatic rings. The van der Waals surface area contributed by atoms with Gasteiger partial charge in [-0.15, -0.1) is 4.40 Å². The Kier molecular flexibility index (Phi) is 5.64. The maximum Gasteiger partial charge on any atom is 0.342 e. The highest BCUT2D eigenvalue weighted by Gasteiger charge is 2.32. The molecule has 0 bridgehead atoms. The minimum Gasteiger partial charge on any atom is -0.449 e. The molecule has 0 aromatic heterocycles. The number of benzene rings is 1. The fraction of sp³-hybridized carbons (Fsp3) is 0.263. The molecule has 10 heteroatoms. The summed E-state index contributed by atoms with van der Waals surface area (Å²) in [7, 11) is -3.67. The molecule has 2 heterocycles. The van der Waals surface area contributed by atoms with E-state index < -0.39 is 28.0 Å². The highest BCUT2D eigenvalue weighted by Crippen LogP contribution is 2.20. The molecule has 0 radical (unpaired) electrons. The van der Waals surface area contributed by atoms with Crippen LogP contribution >= 0.6 is 0 Å². The van der Waals surface area contributed by atoms with Crippen molar-refractivity contribution in [3.05, 3.63) is 53.8 Å². The van der Waals surface area contributed by atoms with Crippen LogP contribution in [0, 0.1) is 0 Å². The van der Waals surface area contributed by atoms with Crippen molar-refractivity contribution in [2.45, 2.75) is 20.0 Å². The van der Waals surface area contributed by atoms with Gasteiger partial charge in [-0.2, -0.15) is 0 Å². The van der Waals surface area contributed by atoms with Gasteiger partial charge in [-0.1, -0.05) is 12.1 Å². The molecule has 0 fully saturated rings. The van der Waals surface area contributed by atoms with Gasteiger partial charge in [-0.3, -0.25) is 9.59 Å². The number of rotatable bonds is 5. The number of hydrogen-bond acceptors (Lipinski definition) is 7. The minimum absolute atomic E-state index is 0.0294. The van der Waals surface area contributed by atoms with Crippen LogP contribution in [0.4, 0.5) is 5.69 Å². The number of nitrogens with one attached hydrogen (secondary N) is 1. The summed E-state index contributed by atoms with van der Waals surface area (Å²) in [5.41, 5.74) is 0.582. The van der Waals surface area contributed by atoms with Crippen LogP contribution < -0.4 is 5.32 Å². The summed E-state index contributed by atoms with van der Waals surface area (Å²) < 4.78 is 32.4. The zero-order valence-corrected chi connectivity index (χ0v) is 16.6. The number of hydrogen-bond donors (Lipinski definition) is 1. The van der Waals surface area contributed by atoms with Crippen LogP contribution in [0.15, 0.2) is 52.6 Å². The van der Waals surface area contributed by atoms with Gasteiger partial charge < -0.3 is 15.0 Å². The third-order valence-corrected chi connectivity index (χ3v) is 5.44. The minimum atomic E-state index is -3.67. The first kappa shape index (κ1) is 20.5. The van der Waals surface area contributed by atoms with Gasteiger partial charge in [0.1, 0.15) is 5.57 Å². The molecular formula is C19H19N3O6S. The standard InChI is InChI=1S/C19H19N3O6S/c1-12(23)14-6-3-4-8-16(14)20-18(24)13(2)28-19(25)15-7-5-9-22-10-11-29(26,27)21-17(15)22/h3-9,13H,10-11H2,1-2H3,(H,20,24)/t13-/m0/s1. The second-order valence-corrected chi connectivity index (χ2v) is 8.21. The molecule has 0 unspecified atom stereocenters. The number of fused-ring (bicyclic) bond motifs is 1. The highest BCUT2D eigenvalue weighted by atomic mass is 32.2. The van der Waals surface area contributed by atoms with Gasteiger partial charge in [0.2, 0.25) is 0 Å². The topological polar surface area (TPSA) is 122 Å². The lowest BCUT2D eigenvalue weighted by Gasteiger charge is -2.28. The van der Waals surface area contributed by atoms with Crippen LogP contribution in [-0.4, -0.2) is 55.2 Å². The van der Waals surface area contributed by atoms with Crippen molar-refractivity contribution in [2.75, 3.05) is 17.6 Å². The van der Waals surface area contributed by atoms with Gasteiger partial charge in [0, 0.05) is 18.3 Å². The van der Waals surface area contributed by atoms with E-state index in [0.717, 1.165) is 0 Å². The van der Waals surface area contributed by atoms with Crippen LogP contribution in [0.3, 0.4) is 0 Å². The van der Waals surface area contributed by atoms with Gasteiger partial charge in [-0.05, 0) is 38.1 Å². The Bertz CT molecular complexity index is 1070. The normalized spacial score (nSPS) is 18.1. The molecule has 1 aromatic carbocycles. The summed E-state index contributed by atoms with van der Waals surface area (Å²) in [5, 5.41) is 2.56. The average molecular weight is 417 g/mol. The molecule has 0 aliphatic carbocycles. The number of carbonyl (C=O) groups excluding carboxylic acids is 3. The molecule has 29 heavy (non-hydrogen) atoms. The van der Waals surface area contributed by atoms with E-state index in [1.807, 2.05) is 0 Å². The lowest BCUT2D eigenvalue weighted by molar-refractivity contribution is -0.148. The van der Waals surface area contributed by atoms with E-state index in [-0.39, 0.29) is 29.5 Å². The summed E-state index contributed by atoms with van der Waals surface area (Å²) in [6.07, 6.45) is 3.37. The van der Waals surface area contributed by atoms with Gasteiger partial charge in [-0.25, -0.2) is 13.2 Å². The zero-order valence-electron chi connectivity index (χ0n) is 15.8. The Morgan fingerprint density at radius 3 is 2.69 bits per heavy atom. The second kappa shape index (κ2) is 8.00. The molecule has 1 amide bonds. The van der Waals surface area contributed by atoms with E-state index in [9.17, 15) is 22.8 Å². The van der Waals surface area contributed by atoms with Crippen LogP contribution in [0.1, 0.15) is 24.2 Å². The largest absolute Gasteiger partial charge is 0.449 e. The molecule has 0 spiro atoms. The van der Waals surface area contributed by atoms with Crippen molar-refractivity contribution in [3.63, 3.8) is 0 Å². The molecule has 0 saturated heterocycles. The molecule has 1 aromatic rings. The summed E-state index contributed by atoms with van der Waals surface area (Å²) >= 11 is 0. The quantitative estimate of drug-likeness (QED) is 0.565. The maximum atomic E-state index is 12.5. The first-order valence-corrected chi connectivity index (χ1v) is 10.4. The number of para-hydroxylation sites is 1. The molecule has 3 rings (SSSR count). The van der Waals surface area contributed by atoms with Gasteiger partial charge in [0.05, 0.1) is 11.4 Å². The number of amides is 1. The van der Waals surface area contributed by atoms with Crippen LogP contribution in [-0.2, 0) is 24.3 Å². The molecule has 0 saturated carbocycles. The molecule has 1 N–H and O–H groups in total. The Hall–Kier alpha value is -3.27. The summed E-state index contributed by atoms with van der Waals surface area (Å²) in [5.74, 6) is -1.91. The highest BCUT2D eigenvalue weighted by molar-refractivity contribution is 7.90. The summed E-state index contributed by atoms with van der Waals surface area (Å²) in [4.78, 5) is 38.2. The van der Waals surface area contributed by atoms with E-state index in [0.29, 0.717) is 11.3 Å². The van der Waals surface area contributed by atoms with Crippen molar-refractivity contribution < 1.29 is 27.5 Å². The summed E-state index contributed by atoms with van der Waals surface area (Å²) in [6, 6.07) is 6.47. The van der Waals surface area contributed by atoms with E-state index in [1.165, 1.54) is 24.8 Å². The Balaban J connectivity index is 1.73. The fourth-order valence-electron chi connectivity index (χ4n) is 2.79. The fourth-order valence-corrected chi connectivity index (χ4v) is 3.77. The van der Waals surface area contributed by atoms with Crippen LogP contribution in [0.25, 0.3) is 0 Å². The van der Waals surface area contributed by atoms with Crippen molar-refractivity contribution in [2.24, 2.45) is 4.40 Å². The second-order valence-electron chi connectivity index (χ2n) is 6.45. The number of esters is 1. The van der Waals surface area contributed by atoms with E-state index in [4.69, 9.17) is 4.74 Å². The van der Waals surface area contributed by atoms with E-state index in [2.05, 4.69) is 9.71 Å². The number of nitrogens with zero attached hydrogens (tertiary/aromatic N) is 2. The maximum absolute atomic E-state index is 12.5. The van der Waals surface area contributed by atoms with E-state index in [1.54, 1.807) is 36.5 Å². The molecule has 2 aliphatic heterocycles. The monoisotopic (exact) mass is 417 g/mol. The van der Waals surface area contributed by atoms with Gasteiger partial charge in [0.25, 0.3) is 15.9 Å². The number of ketones is 1. The third kappa shape index (κ3) is 4.60. The smallest absolute Gasteiger partial charge is 0.342 e. The summed E-state index contributed by atoms with van der Waals surface area (Å²) in [6.45, 7) is 2.92. The van der Waals surface area contributed by atoms with E-state index >= 15 is 0 Å². The molecular weight excluding hydrogens is 398 g/mol. The van der Waals surface area contributed by atoms with Crippen LogP contribution in [0.2, 0.25) is 0 Å². The van der Waals surface area contributed by atoms with Crippen molar-refractivity contribution >= 4 is 39.2 Å². The first-order chi connectivity index (χ1) is 13.7. The number of ether oxygens (including phenoxy) is 1. The zero-order chi connectivity index (χ0) is 21.2. The average Bonchev–Trinajstić information content (AvgIpc) is 2.66. The van der Waals surface area contributed by atoms with Gasteiger partial charge >= 0.3 is 5.97 Å². The molecule has 1 atom stereocenters.